The number of aliphatic hydroxyl groups excluding tert-OH is 1. The van der Waals surface area contributed by atoms with Crippen molar-refractivity contribution in [3.8, 4) is 5.75 Å². The molecule has 1 spiro atoms. The zero-order chi connectivity index (χ0) is 35.9. The van der Waals surface area contributed by atoms with Crippen LogP contribution in [0.15, 0.2) is 103 Å². The molecule has 1 fully saturated rings. The zero-order valence-corrected chi connectivity index (χ0v) is 30.1. The molecule has 0 unspecified atom stereocenters. The normalized spacial score (nSPS) is 22.6. The molecule has 3 amide bonds. The van der Waals surface area contributed by atoms with Crippen LogP contribution < -0.4 is 14.5 Å². The fourth-order valence-corrected chi connectivity index (χ4v) is 10.8. The van der Waals surface area contributed by atoms with Gasteiger partial charge in [0.25, 0.3) is 11.8 Å². The summed E-state index contributed by atoms with van der Waals surface area (Å²) in [7, 11) is -3.01. The van der Waals surface area contributed by atoms with Gasteiger partial charge in [-0.2, -0.15) is 0 Å². The van der Waals surface area contributed by atoms with Gasteiger partial charge in [-0.05, 0) is 54.6 Å². The SMILES string of the molecule is C[C@@H]1[C@@H]([Si](C)(C)O)[C@H](CC(=O)N(CCO)Cc2ccccc2)O[C@@]12C(=O)N(Cc1cccc(N3C(=O)COc4ccccc43)c1)c1ccccc12. The Morgan fingerprint density at radius 2 is 1.61 bits per heavy atom. The van der Waals surface area contributed by atoms with Gasteiger partial charge < -0.3 is 29.2 Å². The number of carbonyl (C=O) groups is 3. The molecule has 3 heterocycles. The summed E-state index contributed by atoms with van der Waals surface area (Å²) in [6, 6.07) is 32.2. The number of hydrogen-bond acceptors (Lipinski definition) is 7. The van der Waals surface area contributed by atoms with Crippen molar-refractivity contribution in [3.05, 3.63) is 120 Å². The molecular weight excluding hydrogens is 663 g/mol. The molecule has 51 heavy (non-hydrogen) atoms. The summed E-state index contributed by atoms with van der Waals surface area (Å²) in [6.07, 6.45) is -0.753. The van der Waals surface area contributed by atoms with Crippen LogP contribution in [0.1, 0.15) is 30.0 Å². The number of amides is 3. The monoisotopic (exact) mass is 705 g/mol. The largest absolute Gasteiger partial charge is 0.482 e. The van der Waals surface area contributed by atoms with Gasteiger partial charge in [-0.3, -0.25) is 19.3 Å². The Morgan fingerprint density at radius 3 is 2.35 bits per heavy atom. The third-order valence-corrected chi connectivity index (χ3v) is 12.9. The number of anilines is 3. The van der Waals surface area contributed by atoms with Gasteiger partial charge in [-0.25, -0.2) is 0 Å². The van der Waals surface area contributed by atoms with Crippen molar-refractivity contribution in [3.63, 3.8) is 0 Å². The molecule has 0 saturated carbocycles. The minimum atomic E-state index is -3.01. The van der Waals surface area contributed by atoms with E-state index in [-0.39, 0.29) is 50.4 Å². The molecule has 4 aromatic carbocycles. The van der Waals surface area contributed by atoms with E-state index >= 15 is 0 Å². The van der Waals surface area contributed by atoms with E-state index in [4.69, 9.17) is 9.47 Å². The van der Waals surface area contributed by atoms with Crippen molar-refractivity contribution in [2.24, 2.45) is 5.92 Å². The maximum Gasteiger partial charge on any atom is 0.269 e. The predicted molar refractivity (Wildman–Crippen MR) is 196 cm³/mol. The van der Waals surface area contributed by atoms with E-state index in [9.17, 15) is 24.3 Å². The van der Waals surface area contributed by atoms with E-state index < -0.39 is 31.5 Å². The first-order valence-electron chi connectivity index (χ1n) is 17.4. The van der Waals surface area contributed by atoms with Crippen LogP contribution in [0.3, 0.4) is 0 Å². The molecule has 4 aromatic rings. The highest BCUT2D eigenvalue weighted by molar-refractivity contribution is 6.71. The summed E-state index contributed by atoms with van der Waals surface area (Å²) in [5.74, 6) is -0.460. The first-order chi connectivity index (χ1) is 24.5. The molecule has 264 valence electrons. The Morgan fingerprint density at radius 1 is 0.922 bits per heavy atom. The highest BCUT2D eigenvalue weighted by Crippen LogP contribution is 2.59. The molecule has 2 N–H and O–H groups in total. The molecule has 0 aromatic heterocycles. The maximum absolute atomic E-state index is 14.9. The van der Waals surface area contributed by atoms with E-state index in [1.807, 2.05) is 123 Å². The lowest BCUT2D eigenvalue weighted by atomic mass is 9.82. The Kier molecular flexibility index (Phi) is 9.32. The van der Waals surface area contributed by atoms with Crippen LogP contribution in [0.4, 0.5) is 17.1 Å². The fraction of sp³-hybridized carbons (Fsp3) is 0.325. The second kappa shape index (κ2) is 13.7. The molecule has 0 bridgehead atoms. The third kappa shape index (κ3) is 6.24. The minimum Gasteiger partial charge on any atom is -0.482 e. The van der Waals surface area contributed by atoms with Crippen LogP contribution in [-0.4, -0.2) is 66.7 Å². The van der Waals surface area contributed by atoms with Gasteiger partial charge in [0.2, 0.25) is 5.91 Å². The van der Waals surface area contributed by atoms with Gasteiger partial charge in [0, 0.05) is 35.8 Å². The Hall–Kier alpha value is -4.81. The number of nitrogens with zero attached hydrogens (tertiary/aromatic N) is 3. The van der Waals surface area contributed by atoms with Crippen LogP contribution >= 0.6 is 0 Å². The van der Waals surface area contributed by atoms with E-state index in [2.05, 4.69) is 0 Å². The summed E-state index contributed by atoms with van der Waals surface area (Å²) < 4.78 is 12.5. The Labute approximate surface area is 299 Å². The molecule has 3 aliphatic heterocycles. The average molecular weight is 706 g/mol. The smallest absolute Gasteiger partial charge is 0.269 e. The number of benzene rings is 4. The number of ether oxygens (including phenoxy) is 2. The molecule has 7 rings (SSSR count). The van der Waals surface area contributed by atoms with E-state index in [0.717, 1.165) is 11.1 Å². The molecule has 11 heteroatoms. The van der Waals surface area contributed by atoms with Crippen LogP contribution in [0, 0.1) is 5.92 Å². The number of rotatable bonds is 10. The first-order valence-corrected chi connectivity index (χ1v) is 20.4. The molecule has 4 atom stereocenters. The van der Waals surface area contributed by atoms with Crippen molar-refractivity contribution >= 4 is 43.1 Å². The summed E-state index contributed by atoms with van der Waals surface area (Å²) in [4.78, 5) is 58.6. The predicted octanol–water partition coefficient (Wildman–Crippen LogP) is 5.50. The molecule has 3 aliphatic rings. The fourth-order valence-electron chi connectivity index (χ4n) is 8.27. The van der Waals surface area contributed by atoms with E-state index in [1.165, 1.54) is 0 Å². The quantitative estimate of drug-likeness (QED) is 0.209. The lowest BCUT2D eigenvalue weighted by Gasteiger charge is -2.32. The summed E-state index contributed by atoms with van der Waals surface area (Å²) in [6.45, 7) is 6.06. The topological polar surface area (TPSA) is 120 Å². The summed E-state index contributed by atoms with van der Waals surface area (Å²) in [5, 5.41) is 9.82. The average Bonchev–Trinajstić information content (AvgIpc) is 3.54. The van der Waals surface area contributed by atoms with Gasteiger partial charge in [0.1, 0.15) is 5.75 Å². The first kappa shape index (κ1) is 34.6. The molecule has 0 radical (unpaired) electrons. The van der Waals surface area contributed by atoms with Gasteiger partial charge in [-0.1, -0.05) is 79.7 Å². The van der Waals surface area contributed by atoms with Crippen molar-refractivity contribution in [2.75, 3.05) is 29.6 Å². The Balaban J connectivity index is 1.19. The lowest BCUT2D eigenvalue weighted by molar-refractivity contribution is -0.150. The van der Waals surface area contributed by atoms with Crippen molar-refractivity contribution in [1.82, 2.24) is 4.90 Å². The number of hydrogen-bond donors (Lipinski definition) is 2. The molecular formula is C40H43N3O7Si. The van der Waals surface area contributed by atoms with Gasteiger partial charge in [-0.15, -0.1) is 0 Å². The number of carbonyl (C=O) groups excluding carboxylic acids is 3. The Bertz CT molecular complexity index is 1950. The summed E-state index contributed by atoms with van der Waals surface area (Å²) in [5.41, 5.74) is 2.67. The second-order valence-corrected chi connectivity index (χ2v) is 18.1. The highest BCUT2D eigenvalue weighted by Gasteiger charge is 2.66. The van der Waals surface area contributed by atoms with Crippen molar-refractivity contribution < 1.29 is 33.8 Å². The maximum atomic E-state index is 14.9. The number of fused-ring (bicyclic) bond motifs is 3. The number of para-hydroxylation sites is 3. The van der Waals surface area contributed by atoms with Crippen LogP contribution in [0.25, 0.3) is 0 Å². The van der Waals surface area contributed by atoms with Crippen molar-refractivity contribution in [1.29, 1.82) is 0 Å². The van der Waals surface area contributed by atoms with Gasteiger partial charge in [0.05, 0.1) is 37.1 Å². The van der Waals surface area contributed by atoms with Gasteiger partial charge in [0.15, 0.2) is 20.5 Å². The van der Waals surface area contributed by atoms with Crippen LogP contribution in [-0.2, 0) is 37.8 Å². The third-order valence-electron chi connectivity index (χ3n) is 10.4. The molecule has 1 saturated heterocycles. The minimum absolute atomic E-state index is 0.0346. The second-order valence-electron chi connectivity index (χ2n) is 14.2. The van der Waals surface area contributed by atoms with Gasteiger partial charge >= 0.3 is 0 Å². The van der Waals surface area contributed by atoms with Crippen LogP contribution in [0.5, 0.6) is 5.75 Å². The highest BCUT2D eigenvalue weighted by atomic mass is 28.4. The molecule has 10 nitrogen and oxygen atoms in total. The van der Waals surface area contributed by atoms with Crippen LogP contribution in [0.2, 0.25) is 18.6 Å². The number of aliphatic hydroxyl groups is 1. The zero-order valence-electron chi connectivity index (χ0n) is 29.1. The standard InChI is InChI=1S/C40H43N3O7Si/c1-27-38(51(2,3)48)35(23-36(45)41(20-21-44)24-28-12-5-4-6-13-28)50-40(27)31-16-7-8-17-32(31)42(39(40)47)25-29-14-11-15-30(22-29)43-33-18-9-10-19-34(33)49-26-37(43)46/h4-19,22,27,35,38,44,48H,20-21,23-26H2,1-3H3/t27-,35+,38-,40+/m1/s1. The summed E-state index contributed by atoms with van der Waals surface area (Å²) >= 11 is 0. The lowest BCUT2D eigenvalue weighted by Crippen LogP contribution is -2.46. The van der Waals surface area contributed by atoms with E-state index in [0.29, 0.717) is 34.9 Å². The molecule has 0 aliphatic carbocycles. The van der Waals surface area contributed by atoms with E-state index in [1.54, 1.807) is 14.7 Å². The van der Waals surface area contributed by atoms with Crippen molar-refractivity contribution in [2.45, 2.75) is 56.8 Å².